The Morgan fingerprint density at radius 3 is 2.66 bits per heavy atom. The number of nitrogens with zero attached hydrogens (tertiary/aromatic N) is 3. The molecule has 32 heavy (non-hydrogen) atoms. The third-order valence-corrected chi connectivity index (χ3v) is 7.02. The van der Waals surface area contributed by atoms with Gasteiger partial charge in [0.2, 0.25) is 11.8 Å². The maximum atomic E-state index is 13.2. The van der Waals surface area contributed by atoms with E-state index in [-0.39, 0.29) is 36.6 Å². The summed E-state index contributed by atoms with van der Waals surface area (Å²) in [5.41, 5.74) is 3.59. The van der Waals surface area contributed by atoms with Crippen molar-refractivity contribution in [2.75, 3.05) is 11.4 Å². The number of hydrogen-bond donors (Lipinski definition) is 0. The molecule has 2 heterocycles. The van der Waals surface area contributed by atoms with Gasteiger partial charge in [-0.3, -0.25) is 14.4 Å². The zero-order valence-corrected chi connectivity index (χ0v) is 18.6. The minimum atomic E-state index is -0.763. The summed E-state index contributed by atoms with van der Waals surface area (Å²) in [6, 6.07) is 12.7. The molecular weight excluding hydrogens is 422 g/mol. The molecule has 1 saturated carbocycles. The summed E-state index contributed by atoms with van der Waals surface area (Å²) in [5.74, 6) is -0.724. The van der Waals surface area contributed by atoms with Gasteiger partial charge in [0.05, 0.1) is 22.3 Å². The standard InChI is InChI=1S/C25H23N3O3S/c1-3-12-27(24(30)17-5-6-17)20-14-22(29)28(25(20)31)18-9-7-16(8-10-18)23-26-19-11-4-15(2)13-21(19)32-23/h3-4,7-11,13,17,20H,1,5-6,12,14H2,2H3. The van der Waals surface area contributed by atoms with Crippen LogP contribution in [-0.4, -0.2) is 40.2 Å². The first-order chi connectivity index (χ1) is 15.5. The van der Waals surface area contributed by atoms with Gasteiger partial charge in [0.25, 0.3) is 5.91 Å². The van der Waals surface area contributed by atoms with Crippen LogP contribution in [0.15, 0.2) is 55.1 Å². The van der Waals surface area contributed by atoms with Gasteiger partial charge in [0.15, 0.2) is 0 Å². The highest BCUT2D eigenvalue weighted by Crippen LogP contribution is 2.35. The number of carbonyl (C=O) groups is 3. The van der Waals surface area contributed by atoms with E-state index < -0.39 is 6.04 Å². The van der Waals surface area contributed by atoms with E-state index in [0.717, 1.165) is 33.6 Å². The van der Waals surface area contributed by atoms with Crippen LogP contribution < -0.4 is 4.90 Å². The highest BCUT2D eigenvalue weighted by molar-refractivity contribution is 7.21. The molecule has 3 aromatic rings. The second kappa shape index (κ2) is 7.98. The molecule has 0 spiro atoms. The molecule has 2 fully saturated rings. The normalized spacial score (nSPS) is 18.4. The van der Waals surface area contributed by atoms with E-state index in [4.69, 9.17) is 4.98 Å². The maximum Gasteiger partial charge on any atom is 0.257 e. The number of imide groups is 1. The third kappa shape index (κ3) is 3.62. The Hall–Kier alpha value is -3.32. The number of aromatic nitrogens is 1. The van der Waals surface area contributed by atoms with E-state index in [0.29, 0.717) is 5.69 Å². The lowest BCUT2D eigenvalue weighted by molar-refractivity contribution is -0.138. The Morgan fingerprint density at radius 2 is 1.97 bits per heavy atom. The van der Waals surface area contributed by atoms with Gasteiger partial charge in [-0.05, 0) is 61.7 Å². The molecule has 6 nitrogen and oxygen atoms in total. The Kier molecular flexibility index (Phi) is 5.13. The second-order valence-electron chi connectivity index (χ2n) is 8.38. The third-order valence-electron chi connectivity index (χ3n) is 5.95. The molecule has 1 aliphatic carbocycles. The topological polar surface area (TPSA) is 70.6 Å². The molecule has 1 unspecified atom stereocenters. The SMILES string of the molecule is C=CCN(C(=O)C1CC1)C1CC(=O)N(c2ccc(-c3nc4ccc(C)cc4s3)cc2)C1=O. The van der Waals surface area contributed by atoms with Crippen LogP contribution in [0.4, 0.5) is 5.69 Å². The summed E-state index contributed by atoms with van der Waals surface area (Å²) in [7, 11) is 0. The van der Waals surface area contributed by atoms with E-state index >= 15 is 0 Å². The van der Waals surface area contributed by atoms with Crippen molar-refractivity contribution in [1.82, 2.24) is 9.88 Å². The van der Waals surface area contributed by atoms with Gasteiger partial charge in [-0.25, -0.2) is 9.88 Å². The van der Waals surface area contributed by atoms with E-state index in [1.807, 2.05) is 24.3 Å². The van der Waals surface area contributed by atoms with Crippen molar-refractivity contribution in [3.8, 4) is 10.6 Å². The van der Waals surface area contributed by atoms with Gasteiger partial charge < -0.3 is 4.90 Å². The minimum Gasteiger partial charge on any atom is -0.326 e. The zero-order chi connectivity index (χ0) is 22.4. The average Bonchev–Trinajstić information content (AvgIpc) is 3.48. The number of anilines is 1. The van der Waals surface area contributed by atoms with Crippen molar-refractivity contribution in [2.24, 2.45) is 5.92 Å². The van der Waals surface area contributed by atoms with Gasteiger partial charge >= 0.3 is 0 Å². The van der Waals surface area contributed by atoms with E-state index in [1.165, 1.54) is 15.4 Å². The van der Waals surface area contributed by atoms with Crippen LogP contribution in [0.25, 0.3) is 20.8 Å². The smallest absolute Gasteiger partial charge is 0.257 e. The van der Waals surface area contributed by atoms with E-state index in [9.17, 15) is 14.4 Å². The van der Waals surface area contributed by atoms with E-state index in [2.05, 4.69) is 19.6 Å². The molecule has 0 N–H and O–H groups in total. The number of benzene rings is 2. The minimum absolute atomic E-state index is 0.00407. The lowest BCUT2D eigenvalue weighted by Crippen LogP contribution is -2.46. The average molecular weight is 446 g/mol. The number of carbonyl (C=O) groups excluding carboxylic acids is 3. The second-order valence-corrected chi connectivity index (χ2v) is 9.41. The first kappa shape index (κ1) is 20.6. The molecule has 7 heteroatoms. The van der Waals surface area contributed by atoms with Crippen molar-refractivity contribution < 1.29 is 14.4 Å². The van der Waals surface area contributed by atoms with Gasteiger partial charge in [-0.2, -0.15) is 0 Å². The Labute approximate surface area is 190 Å². The van der Waals surface area contributed by atoms with Crippen molar-refractivity contribution in [1.29, 1.82) is 0 Å². The van der Waals surface area contributed by atoms with Crippen LogP contribution in [0.5, 0.6) is 0 Å². The number of hydrogen-bond acceptors (Lipinski definition) is 5. The highest BCUT2D eigenvalue weighted by atomic mass is 32.1. The molecule has 0 radical (unpaired) electrons. The fourth-order valence-electron chi connectivity index (χ4n) is 4.11. The van der Waals surface area contributed by atoms with Gasteiger partial charge in [-0.15, -0.1) is 17.9 Å². The van der Waals surface area contributed by atoms with Gasteiger partial charge in [0.1, 0.15) is 11.0 Å². The van der Waals surface area contributed by atoms with Crippen LogP contribution in [0.1, 0.15) is 24.8 Å². The first-order valence-electron chi connectivity index (χ1n) is 10.7. The Morgan fingerprint density at radius 1 is 1.22 bits per heavy atom. The zero-order valence-electron chi connectivity index (χ0n) is 17.8. The fraction of sp³-hybridized carbons (Fsp3) is 0.280. The highest BCUT2D eigenvalue weighted by Gasteiger charge is 2.46. The molecule has 5 rings (SSSR count). The summed E-state index contributed by atoms with van der Waals surface area (Å²) in [6.45, 7) is 6.03. The molecule has 2 aliphatic rings. The van der Waals surface area contributed by atoms with Crippen LogP contribution in [0.3, 0.4) is 0 Å². The molecule has 1 saturated heterocycles. The predicted molar refractivity (Wildman–Crippen MR) is 125 cm³/mol. The van der Waals surface area contributed by atoms with Crippen molar-refractivity contribution in [3.05, 3.63) is 60.7 Å². The van der Waals surface area contributed by atoms with Crippen LogP contribution in [0, 0.1) is 12.8 Å². The maximum absolute atomic E-state index is 13.2. The van der Waals surface area contributed by atoms with Crippen LogP contribution >= 0.6 is 11.3 Å². The number of fused-ring (bicyclic) bond motifs is 1. The lowest BCUT2D eigenvalue weighted by atomic mass is 10.1. The number of amides is 3. The van der Waals surface area contributed by atoms with Gasteiger partial charge in [0, 0.05) is 18.0 Å². The van der Waals surface area contributed by atoms with Crippen molar-refractivity contribution in [2.45, 2.75) is 32.2 Å². The predicted octanol–water partition coefficient (Wildman–Crippen LogP) is 4.33. The molecule has 162 valence electrons. The van der Waals surface area contributed by atoms with Crippen molar-refractivity contribution >= 4 is 45.0 Å². The Bertz CT molecular complexity index is 1240. The summed E-state index contributed by atoms with van der Waals surface area (Å²) in [6.07, 6.45) is 3.30. The molecule has 1 aliphatic heterocycles. The number of rotatable bonds is 6. The fourth-order valence-corrected chi connectivity index (χ4v) is 5.18. The Balaban J connectivity index is 1.39. The molecule has 1 aromatic heterocycles. The number of aryl methyl sites for hydroxylation is 1. The lowest BCUT2D eigenvalue weighted by Gasteiger charge is -2.26. The molecule has 0 bridgehead atoms. The first-order valence-corrected chi connectivity index (χ1v) is 11.5. The van der Waals surface area contributed by atoms with E-state index in [1.54, 1.807) is 29.5 Å². The molecule has 3 amide bonds. The largest absolute Gasteiger partial charge is 0.326 e. The molecule has 1 atom stereocenters. The summed E-state index contributed by atoms with van der Waals surface area (Å²) >= 11 is 1.61. The van der Waals surface area contributed by atoms with Gasteiger partial charge in [-0.1, -0.05) is 12.1 Å². The summed E-state index contributed by atoms with van der Waals surface area (Å²) in [5, 5.41) is 0.890. The summed E-state index contributed by atoms with van der Waals surface area (Å²) in [4.78, 5) is 46.0. The monoisotopic (exact) mass is 445 g/mol. The quantitative estimate of drug-likeness (QED) is 0.418. The number of thiazole rings is 1. The van der Waals surface area contributed by atoms with Crippen molar-refractivity contribution in [3.63, 3.8) is 0 Å². The molecule has 2 aromatic carbocycles. The summed E-state index contributed by atoms with van der Waals surface area (Å²) < 4.78 is 1.12. The van der Waals surface area contributed by atoms with Crippen LogP contribution in [0.2, 0.25) is 0 Å². The van der Waals surface area contributed by atoms with Crippen LogP contribution in [-0.2, 0) is 14.4 Å². The molecular formula is C25H23N3O3S.